The van der Waals surface area contributed by atoms with Crippen LogP contribution in [0.3, 0.4) is 0 Å². The number of piperidine rings is 1. The van der Waals surface area contributed by atoms with Crippen molar-refractivity contribution in [2.45, 2.75) is 12.8 Å². The molecular formula is C8H14N2O2S. The van der Waals surface area contributed by atoms with Crippen LogP contribution in [0.25, 0.3) is 0 Å². The third-order valence-electron chi connectivity index (χ3n) is 2.95. The predicted molar refractivity (Wildman–Crippen MR) is 52.3 cm³/mol. The molecule has 1 spiro atoms. The van der Waals surface area contributed by atoms with E-state index in [0.717, 1.165) is 38.2 Å². The van der Waals surface area contributed by atoms with E-state index in [4.69, 9.17) is 4.74 Å². The molecule has 0 bridgehead atoms. The van der Waals surface area contributed by atoms with Crippen LogP contribution in [0.15, 0.2) is 4.40 Å². The number of nitrogens with one attached hydrogen (secondary N) is 1. The van der Waals surface area contributed by atoms with Crippen LogP contribution >= 0.6 is 0 Å². The minimum atomic E-state index is -0.134. The van der Waals surface area contributed by atoms with Gasteiger partial charge in [0.2, 0.25) is 0 Å². The Morgan fingerprint density at radius 1 is 1.46 bits per heavy atom. The van der Waals surface area contributed by atoms with Gasteiger partial charge in [0.05, 0.1) is 18.9 Å². The average Bonchev–Trinajstić information content (AvgIpc) is 2.52. The highest BCUT2D eigenvalue weighted by Gasteiger charge is 2.41. The van der Waals surface area contributed by atoms with Gasteiger partial charge in [0, 0.05) is 5.41 Å². The van der Waals surface area contributed by atoms with Crippen LogP contribution in [0.4, 0.5) is 0 Å². The maximum Gasteiger partial charge on any atom is 0.126 e. The van der Waals surface area contributed by atoms with Gasteiger partial charge in [-0.15, -0.1) is 0 Å². The summed E-state index contributed by atoms with van der Waals surface area (Å²) >= 11 is -0.134. The third kappa shape index (κ3) is 1.68. The quantitative estimate of drug-likeness (QED) is 0.573. The fraction of sp³-hybridized carbons (Fsp3) is 0.875. The maximum absolute atomic E-state index is 10.4. The van der Waals surface area contributed by atoms with Crippen molar-refractivity contribution in [1.82, 2.24) is 5.32 Å². The largest absolute Gasteiger partial charge is 0.374 e. The minimum absolute atomic E-state index is 0.0999. The average molecular weight is 202 g/mol. The van der Waals surface area contributed by atoms with E-state index in [1.54, 1.807) is 0 Å². The van der Waals surface area contributed by atoms with Crippen molar-refractivity contribution < 1.29 is 8.95 Å². The zero-order chi connectivity index (χ0) is 9.15. The Labute approximate surface area is 81.4 Å². The number of ether oxygens (including phenoxy) is 1. The molecule has 0 saturated carbocycles. The summed E-state index contributed by atoms with van der Waals surface area (Å²) in [6.07, 6.45) is 2.11. The fourth-order valence-corrected chi connectivity index (χ4v) is 2.47. The molecule has 0 aromatic heterocycles. The maximum atomic E-state index is 10.4. The van der Waals surface area contributed by atoms with Gasteiger partial charge in [0.15, 0.2) is 0 Å². The Morgan fingerprint density at radius 3 is 2.92 bits per heavy atom. The lowest BCUT2D eigenvalue weighted by atomic mass is 9.77. The smallest absolute Gasteiger partial charge is 0.126 e. The molecule has 13 heavy (non-hydrogen) atoms. The third-order valence-corrected chi connectivity index (χ3v) is 3.27. The highest BCUT2D eigenvalue weighted by Crippen LogP contribution is 2.35. The van der Waals surface area contributed by atoms with Crippen molar-refractivity contribution in [2.24, 2.45) is 9.81 Å². The minimum Gasteiger partial charge on any atom is -0.374 e. The number of hydrogen-bond acceptors (Lipinski definition) is 3. The van der Waals surface area contributed by atoms with Crippen LogP contribution in [0.1, 0.15) is 12.8 Å². The van der Waals surface area contributed by atoms with E-state index < -0.39 is 0 Å². The standard InChI is InChI=1S/C8H14N2O2S/c11-13-10-7-5-12-6-8(7)1-3-9-4-2-8/h9,13H,1-6H2/b10-7+. The van der Waals surface area contributed by atoms with Gasteiger partial charge < -0.3 is 10.1 Å². The molecule has 2 aliphatic heterocycles. The van der Waals surface area contributed by atoms with Crippen molar-refractivity contribution in [3.05, 3.63) is 0 Å². The highest BCUT2D eigenvalue weighted by atomic mass is 32.2. The Kier molecular flexibility index (Phi) is 2.76. The SMILES string of the molecule is O=[SH]/N=C1\COCC12CCNCC2. The second-order valence-corrected chi connectivity index (χ2v) is 4.01. The topological polar surface area (TPSA) is 50.7 Å². The van der Waals surface area contributed by atoms with Gasteiger partial charge in [-0.2, -0.15) is 4.40 Å². The Balaban J connectivity index is 2.18. The summed E-state index contributed by atoms with van der Waals surface area (Å²) in [5.41, 5.74) is 1.09. The molecule has 5 heteroatoms. The lowest BCUT2D eigenvalue weighted by Crippen LogP contribution is -2.41. The highest BCUT2D eigenvalue weighted by molar-refractivity contribution is 7.64. The van der Waals surface area contributed by atoms with Gasteiger partial charge in [-0.1, -0.05) is 0 Å². The second kappa shape index (κ2) is 3.86. The van der Waals surface area contributed by atoms with E-state index in [0.29, 0.717) is 6.61 Å². The Morgan fingerprint density at radius 2 is 2.23 bits per heavy atom. The summed E-state index contributed by atoms with van der Waals surface area (Å²) in [6, 6.07) is 0. The fourth-order valence-electron chi connectivity index (χ4n) is 2.10. The van der Waals surface area contributed by atoms with Gasteiger partial charge in [-0.3, -0.25) is 0 Å². The molecule has 2 rings (SSSR count). The van der Waals surface area contributed by atoms with E-state index >= 15 is 0 Å². The predicted octanol–water partition coefficient (Wildman–Crippen LogP) is -0.312. The molecule has 2 heterocycles. The Bertz CT molecular complexity index is 236. The van der Waals surface area contributed by atoms with Gasteiger partial charge >= 0.3 is 0 Å². The van der Waals surface area contributed by atoms with Crippen molar-refractivity contribution in [1.29, 1.82) is 0 Å². The molecule has 0 aromatic carbocycles. The van der Waals surface area contributed by atoms with Crippen LogP contribution in [-0.2, 0) is 16.6 Å². The molecule has 0 aliphatic carbocycles. The number of thiol groups is 1. The molecule has 2 saturated heterocycles. The normalized spacial score (nSPS) is 30.0. The van der Waals surface area contributed by atoms with Crippen molar-refractivity contribution in [3.63, 3.8) is 0 Å². The van der Waals surface area contributed by atoms with E-state index in [1.807, 2.05) is 0 Å². The first-order valence-electron chi connectivity index (χ1n) is 4.55. The summed E-state index contributed by atoms with van der Waals surface area (Å²) in [6.45, 7) is 3.34. The van der Waals surface area contributed by atoms with Crippen LogP contribution < -0.4 is 5.32 Å². The van der Waals surface area contributed by atoms with E-state index in [2.05, 4.69) is 9.71 Å². The van der Waals surface area contributed by atoms with Gasteiger partial charge in [0.1, 0.15) is 11.9 Å². The molecule has 0 aromatic rings. The lowest BCUT2D eigenvalue weighted by Gasteiger charge is -2.32. The number of nitrogens with zero attached hydrogens (tertiary/aromatic N) is 1. The second-order valence-electron chi connectivity index (χ2n) is 3.65. The summed E-state index contributed by atoms with van der Waals surface area (Å²) in [5.74, 6) is 0. The van der Waals surface area contributed by atoms with Crippen LogP contribution in [-0.4, -0.2) is 36.2 Å². The van der Waals surface area contributed by atoms with Gasteiger partial charge in [0.25, 0.3) is 0 Å². The van der Waals surface area contributed by atoms with Crippen molar-refractivity contribution in [2.75, 3.05) is 26.3 Å². The molecule has 74 valence electrons. The lowest BCUT2D eigenvalue weighted by molar-refractivity contribution is 0.133. The Hall–Kier alpha value is -0.260. The van der Waals surface area contributed by atoms with E-state index in [9.17, 15) is 4.21 Å². The summed E-state index contributed by atoms with van der Waals surface area (Å²) in [5, 5.41) is 3.31. The van der Waals surface area contributed by atoms with Crippen LogP contribution in [0, 0.1) is 5.41 Å². The van der Waals surface area contributed by atoms with Crippen LogP contribution in [0.5, 0.6) is 0 Å². The molecule has 0 unspecified atom stereocenters. The molecule has 0 amide bonds. The summed E-state index contributed by atoms with van der Waals surface area (Å²) in [4.78, 5) is 0. The first kappa shape index (κ1) is 9.30. The molecular weight excluding hydrogens is 188 g/mol. The van der Waals surface area contributed by atoms with Crippen molar-refractivity contribution in [3.8, 4) is 0 Å². The molecule has 2 fully saturated rings. The van der Waals surface area contributed by atoms with E-state index in [-0.39, 0.29) is 17.3 Å². The monoisotopic (exact) mass is 202 g/mol. The summed E-state index contributed by atoms with van der Waals surface area (Å²) in [7, 11) is 0. The molecule has 4 nitrogen and oxygen atoms in total. The molecule has 1 N–H and O–H groups in total. The molecule has 0 radical (unpaired) electrons. The van der Waals surface area contributed by atoms with Gasteiger partial charge in [-0.05, 0) is 25.9 Å². The molecule has 2 aliphatic rings. The number of hydrogen-bond donors (Lipinski definition) is 2. The van der Waals surface area contributed by atoms with Crippen molar-refractivity contribution >= 4 is 17.6 Å². The van der Waals surface area contributed by atoms with Crippen LogP contribution in [0.2, 0.25) is 0 Å². The first-order chi connectivity index (χ1) is 6.37. The van der Waals surface area contributed by atoms with Gasteiger partial charge in [-0.25, -0.2) is 4.21 Å². The summed E-state index contributed by atoms with van der Waals surface area (Å²) < 4.78 is 19.8. The first-order valence-corrected chi connectivity index (χ1v) is 5.32. The number of rotatable bonds is 1. The van der Waals surface area contributed by atoms with E-state index in [1.165, 1.54) is 0 Å². The zero-order valence-electron chi connectivity index (χ0n) is 7.45. The zero-order valence-corrected chi connectivity index (χ0v) is 8.35. The molecule has 0 atom stereocenters.